The van der Waals surface area contributed by atoms with E-state index in [-0.39, 0.29) is 11.8 Å². The lowest BCUT2D eigenvalue weighted by Crippen LogP contribution is -2.27. The van der Waals surface area contributed by atoms with Gasteiger partial charge in [-0.15, -0.1) is 0 Å². The molecule has 2 amide bonds. The first-order valence-electron chi connectivity index (χ1n) is 7.66. The second kappa shape index (κ2) is 7.21. The van der Waals surface area contributed by atoms with Gasteiger partial charge in [0.1, 0.15) is 0 Å². The highest BCUT2D eigenvalue weighted by Crippen LogP contribution is 2.36. The van der Waals surface area contributed by atoms with E-state index in [1.54, 1.807) is 17.0 Å². The monoisotopic (exact) mass is 368 g/mol. The van der Waals surface area contributed by atoms with Crippen molar-refractivity contribution in [2.75, 3.05) is 10.2 Å². The number of aryl methyl sites for hydroxylation is 1. The van der Waals surface area contributed by atoms with Crippen molar-refractivity contribution < 1.29 is 9.59 Å². The van der Waals surface area contributed by atoms with Crippen molar-refractivity contribution >= 4 is 57.6 Å². The van der Waals surface area contributed by atoms with Crippen LogP contribution in [0.5, 0.6) is 0 Å². The third kappa shape index (κ3) is 3.97. The molecule has 0 spiro atoms. The Morgan fingerprint density at radius 1 is 1.12 bits per heavy atom. The van der Waals surface area contributed by atoms with E-state index in [1.165, 1.54) is 18.7 Å². The summed E-state index contributed by atoms with van der Waals surface area (Å²) in [5.41, 5.74) is 3.50. The Kier molecular flexibility index (Phi) is 5.01. The van der Waals surface area contributed by atoms with Crippen molar-refractivity contribution in [1.82, 2.24) is 0 Å². The average molecular weight is 368 g/mol. The molecule has 126 valence electrons. The fourth-order valence-corrected chi connectivity index (χ4v) is 3.70. The van der Waals surface area contributed by atoms with E-state index in [1.807, 2.05) is 49.4 Å². The summed E-state index contributed by atoms with van der Waals surface area (Å²) in [6.45, 7) is 3.46. The lowest BCUT2D eigenvalue weighted by Gasteiger charge is -2.14. The largest absolute Gasteiger partial charge is 0.326 e. The maximum absolute atomic E-state index is 12.7. The Hall–Kier alpha value is -2.44. The predicted molar refractivity (Wildman–Crippen MR) is 108 cm³/mol. The second-order valence-electron chi connectivity index (χ2n) is 5.66. The first kappa shape index (κ1) is 17.4. The van der Waals surface area contributed by atoms with Gasteiger partial charge in [0.25, 0.3) is 5.91 Å². The Morgan fingerprint density at radius 3 is 2.36 bits per heavy atom. The van der Waals surface area contributed by atoms with Gasteiger partial charge in [0.2, 0.25) is 5.91 Å². The number of anilines is 2. The van der Waals surface area contributed by atoms with Gasteiger partial charge in [-0.3, -0.25) is 14.5 Å². The van der Waals surface area contributed by atoms with Crippen LogP contribution in [-0.4, -0.2) is 16.1 Å². The third-order valence-electron chi connectivity index (χ3n) is 3.61. The van der Waals surface area contributed by atoms with Crippen LogP contribution < -0.4 is 10.2 Å². The number of carbonyl (C=O) groups excluding carboxylic acids is 2. The van der Waals surface area contributed by atoms with Crippen LogP contribution in [0.15, 0.2) is 53.4 Å². The molecule has 0 aromatic heterocycles. The predicted octanol–water partition coefficient (Wildman–Crippen LogP) is 4.36. The summed E-state index contributed by atoms with van der Waals surface area (Å²) in [7, 11) is 0. The summed E-state index contributed by atoms with van der Waals surface area (Å²) in [5.74, 6) is -0.239. The van der Waals surface area contributed by atoms with Gasteiger partial charge in [0.05, 0.1) is 10.6 Å². The maximum Gasteiger partial charge on any atom is 0.270 e. The van der Waals surface area contributed by atoms with Crippen LogP contribution in [0.2, 0.25) is 0 Å². The Morgan fingerprint density at radius 2 is 1.76 bits per heavy atom. The van der Waals surface area contributed by atoms with Crippen LogP contribution in [0.3, 0.4) is 0 Å². The second-order valence-corrected chi connectivity index (χ2v) is 7.33. The van der Waals surface area contributed by atoms with Crippen LogP contribution in [0.1, 0.15) is 18.1 Å². The smallest absolute Gasteiger partial charge is 0.270 e. The third-order valence-corrected chi connectivity index (χ3v) is 4.92. The van der Waals surface area contributed by atoms with E-state index in [0.717, 1.165) is 22.5 Å². The van der Waals surface area contributed by atoms with E-state index in [0.29, 0.717) is 9.23 Å². The van der Waals surface area contributed by atoms with Crippen molar-refractivity contribution in [2.24, 2.45) is 0 Å². The summed E-state index contributed by atoms with van der Waals surface area (Å²) in [5, 5.41) is 2.71. The maximum atomic E-state index is 12.7. The molecule has 6 heteroatoms. The Bertz CT molecular complexity index is 871. The topological polar surface area (TPSA) is 49.4 Å². The number of hydrogen-bond acceptors (Lipinski definition) is 4. The number of nitrogens with one attached hydrogen (secondary N) is 1. The van der Waals surface area contributed by atoms with Crippen molar-refractivity contribution in [3.05, 3.63) is 64.6 Å². The molecule has 25 heavy (non-hydrogen) atoms. The number of benzene rings is 2. The summed E-state index contributed by atoms with van der Waals surface area (Å²) in [6, 6.07) is 15.0. The molecule has 1 saturated heterocycles. The molecule has 0 aliphatic carbocycles. The zero-order valence-electron chi connectivity index (χ0n) is 13.8. The van der Waals surface area contributed by atoms with Gasteiger partial charge < -0.3 is 5.32 Å². The van der Waals surface area contributed by atoms with Crippen LogP contribution in [-0.2, 0) is 9.59 Å². The molecular formula is C19H16N2O2S2. The van der Waals surface area contributed by atoms with Crippen LogP contribution >= 0.6 is 24.0 Å². The minimum Gasteiger partial charge on any atom is -0.326 e. The van der Waals surface area contributed by atoms with Gasteiger partial charge in [-0.25, -0.2) is 0 Å². The van der Waals surface area contributed by atoms with E-state index in [2.05, 4.69) is 5.32 Å². The van der Waals surface area contributed by atoms with Crippen LogP contribution in [0.25, 0.3) is 6.08 Å². The standard InChI is InChI=1S/C19H16N2O2S2/c1-12-3-9-16(10-4-12)21-18(23)17(25-19(21)24)11-14-5-7-15(8-6-14)20-13(2)22/h3-11H,1-2H3,(H,20,22)/b17-11+. The number of carbonyl (C=O) groups is 2. The first-order chi connectivity index (χ1) is 11.9. The number of amides is 2. The minimum atomic E-state index is -0.121. The van der Waals surface area contributed by atoms with E-state index >= 15 is 0 Å². The lowest BCUT2D eigenvalue weighted by molar-refractivity contribution is -0.114. The quantitative estimate of drug-likeness (QED) is 0.646. The fraction of sp³-hybridized carbons (Fsp3) is 0.105. The Balaban J connectivity index is 1.82. The molecule has 1 N–H and O–H groups in total. The van der Waals surface area contributed by atoms with Crippen molar-refractivity contribution in [1.29, 1.82) is 0 Å². The summed E-state index contributed by atoms with van der Waals surface area (Å²) in [6.07, 6.45) is 1.81. The van der Waals surface area contributed by atoms with Crippen LogP contribution in [0.4, 0.5) is 11.4 Å². The normalized spacial score (nSPS) is 15.8. The number of thiocarbonyl (C=S) groups is 1. The van der Waals surface area contributed by atoms with Crippen molar-refractivity contribution in [2.45, 2.75) is 13.8 Å². The zero-order chi connectivity index (χ0) is 18.0. The molecule has 1 heterocycles. The highest BCUT2D eigenvalue weighted by Gasteiger charge is 2.33. The molecule has 4 nitrogen and oxygen atoms in total. The molecule has 0 radical (unpaired) electrons. The molecule has 1 aliphatic rings. The highest BCUT2D eigenvalue weighted by molar-refractivity contribution is 8.27. The van der Waals surface area contributed by atoms with Gasteiger partial charge in [0.15, 0.2) is 4.32 Å². The number of nitrogens with zero attached hydrogens (tertiary/aromatic N) is 1. The molecule has 1 aliphatic heterocycles. The molecule has 0 bridgehead atoms. The lowest BCUT2D eigenvalue weighted by atomic mass is 10.2. The van der Waals surface area contributed by atoms with E-state index in [9.17, 15) is 9.59 Å². The van der Waals surface area contributed by atoms with Crippen molar-refractivity contribution in [3.63, 3.8) is 0 Å². The molecule has 2 aromatic rings. The van der Waals surface area contributed by atoms with Crippen molar-refractivity contribution in [3.8, 4) is 0 Å². The average Bonchev–Trinajstić information content (AvgIpc) is 2.84. The van der Waals surface area contributed by atoms with Gasteiger partial charge in [-0.1, -0.05) is 53.8 Å². The minimum absolute atomic E-state index is 0.119. The van der Waals surface area contributed by atoms with E-state index in [4.69, 9.17) is 12.2 Å². The first-order valence-corrected chi connectivity index (χ1v) is 8.89. The molecular weight excluding hydrogens is 352 g/mol. The molecule has 0 unspecified atom stereocenters. The molecule has 0 saturated carbocycles. The molecule has 1 fully saturated rings. The zero-order valence-corrected chi connectivity index (χ0v) is 15.4. The van der Waals surface area contributed by atoms with Gasteiger partial charge in [-0.05, 0) is 42.8 Å². The molecule has 0 atom stereocenters. The fourth-order valence-electron chi connectivity index (χ4n) is 2.40. The summed E-state index contributed by atoms with van der Waals surface area (Å²) >= 11 is 6.66. The summed E-state index contributed by atoms with van der Waals surface area (Å²) in [4.78, 5) is 25.9. The van der Waals surface area contributed by atoms with Gasteiger partial charge in [-0.2, -0.15) is 0 Å². The summed E-state index contributed by atoms with van der Waals surface area (Å²) < 4.78 is 0.523. The van der Waals surface area contributed by atoms with E-state index < -0.39 is 0 Å². The number of rotatable bonds is 3. The number of thioether (sulfide) groups is 1. The number of hydrogen-bond donors (Lipinski definition) is 1. The Labute approximate surface area is 155 Å². The van der Waals surface area contributed by atoms with Gasteiger partial charge >= 0.3 is 0 Å². The molecule has 2 aromatic carbocycles. The SMILES string of the molecule is CC(=O)Nc1ccc(/C=C2/SC(=S)N(c3ccc(C)cc3)C2=O)cc1. The van der Waals surface area contributed by atoms with Gasteiger partial charge in [0, 0.05) is 12.6 Å². The molecule has 3 rings (SSSR count). The van der Waals surface area contributed by atoms with Crippen LogP contribution in [0, 0.1) is 6.92 Å². The highest BCUT2D eigenvalue weighted by atomic mass is 32.2.